The molecule has 5 heteroatoms. The van der Waals surface area contributed by atoms with E-state index in [1.54, 1.807) is 17.1 Å². The Hall–Kier alpha value is -2.43. The van der Waals surface area contributed by atoms with Crippen LogP contribution in [0.4, 0.5) is 0 Å². The summed E-state index contributed by atoms with van der Waals surface area (Å²) in [5.41, 5.74) is 1.81. The summed E-state index contributed by atoms with van der Waals surface area (Å²) in [5.74, 6) is 0.327. The van der Waals surface area contributed by atoms with Crippen LogP contribution in [0.1, 0.15) is 16.3 Å². The first-order valence-corrected chi connectivity index (χ1v) is 5.69. The predicted octanol–water partition coefficient (Wildman–Crippen LogP) is 1.72. The predicted molar refractivity (Wildman–Crippen MR) is 67.3 cm³/mol. The molecule has 0 saturated carbocycles. The zero-order valence-corrected chi connectivity index (χ0v) is 9.92. The van der Waals surface area contributed by atoms with E-state index in [-0.39, 0.29) is 12.2 Å². The quantitative estimate of drug-likeness (QED) is 0.709. The van der Waals surface area contributed by atoms with Crippen LogP contribution in [0.25, 0.3) is 10.9 Å². The van der Waals surface area contributed by atoms with Crippen molar-refractivity contribution in [1.82, 2.24) is 19.7 Å². The Labute approximate surface area is 103 Å². The van der Waals surface area contributed by atoms with E-state index in [9.17, 15) is 4.79 Å². The number of para-hydroxylation sites is 1. The van der Waals surface area contributed by atoms with Gasteiger partial charge in [0.15, 0.2) is 5.82 Å². The minimum Gasteiger partial charge on any atom is -0.342 e. The van der Waals surface area contributed by atoms with Crippen LogP contribution in [0.15, 0.2) is 36.7 Å². The second-order valence-electron chi connectivity index (χ2n) is 4.13. The molecule has 0 atom stereocenters. The number of nitrogens with one attached hydrogen (secondary N) is 1. The highest BCUT2D eigenvalue weighted by molar-refractivity contribution is 5.96. The fourth-order valence-corrected chi connectivity index (χ4v) is 2.07. The number of fused-ring (bicyclic) bond motifs is 1. The van der Waals surface area contributed by atoms with Gasteiger partial charge in [-0.1, -0.05) is 18.2 Å². The van der Waals surface area contributed by atoms with Crippen LogP contribution >= 0.6 is 0 Å². The zero-order valence-electron chi connectivity index (χ0n) is 9.92. The van der Waals surface area contributed by atoms with Gasteiger partial charge in [-0.05, 0) is 6.07 Å². The molecule has 5 nitrogen and oxygen atoms in total. The number of carbonyl (C=O) groups is 1. The summed E-state index contributed by atoms with van der Waals surface area (Å²) in [4.78, 5) is 18.8. The summed E-state index contributed by atoms with van der Waals surface area (Å²) < 4.78 is 1.79. The average molecular weight is 240 g/mol. The highest BCUT2D eigenvalue weighted by Gasteiger charge is 2.14. The number of benzene rings is 1. The maximum atomic E-state index is 12.0. The standard InChI is InChI=1S/C13H12N4O/c1-17-11-5-3-2-4-9(11)10(16-17)8-12(18)13-14-6-7-15-13/h2-7H,8H2,1H3,(H,14,15). The Balaban J connectivity index is 1.98. The van der Waals surface area contributed by atoms with Crippen molar-refractivity contribution in [1.29, 1.82) is 0 Å². The molecule has 0 aliphatic rings. The van der Waals surface area contributed by atoms with Crippen LogP contribution in [0.5, 0.6) is 0 Å². The van der Waals surface area contributed by atoms with Crippen LogP contribution in [0.2, 0.25) is 0 Å². The molecule has 0 unspecified atom stereocenters. The van der Waals surface area contributed by atoms with Crippen molar-refractivity contribution in [3.63, 3.8) is 0 Å². The molecule has 0 saturated heterocycles. The summed E-state index contributed by atoms with van der Waals surface area (Å²) in [6.45, 7) is 0. The number of carbonyl (C=O) groups excluding carboxylic acids is 1. The summed E-state index contributed by atoms with van der Waals surface area (Å²) >= 11 is 0. The molecule has 90 valence electrons. The van der Waals surface area contributed by atoms with Crippen molar-refractivity contribution in [2.75, 3.05) is 0 Å². The molecular formula is C13H12N4O. The molecule has 0 fully saturated rings. The first-order valence-electron chi connectivity index (χ1n) is 5.69. The molecule has 2 heterocycles. The fourth-order valence-electron chi connectivity index (χ4n) is 2.07. The molecule has 3 rings (SSSR count). The molecule has 18 heavy (non-hydrogen) atoms. The highest BCUT2D eigenvalue weighted by Crippen LogP contribution is 2.18. The second kappa shape index (κ2) is 4.10. The number of rotatable bonds is 3. The van der Waals surface area contributed by atoms with E-state index in [4.69, 9.17) is 0 Å². The third-order valence-corrected chi connectivity index (χ3v) is 2.92. The molecule has 0 aliphatic carbocycles. The van der Waals surface area contributed by atoms with E-state index in [1.807, 2.05) is 31.3 Å². The lowest BCUT2D eigenvalue weighted by Crippen LogP contribution is -2.06. The van der Waals surface area contributed by atoms with E-state index in [0.717, 1.165) is 16.6 Å². The monoisotopic (exact) mass is 240 g/mol. The molecule has 0 amide bonds. The number of Topliss-reactive ketones (excluding diaryl/α,β-unsaturated/α-hetero) is 1. The zero-order chi connectivity index (χ0) is 12.5. The molecule has 0 spiro atoms. The minimum atomic E-state index is -0.0520. The normalized spacial score (nSPS) is 10.9. The van der Waals surface area contributed by atoms with E-state index < -0.39 is 0 Å². The molecule has 0 aliphatic heterocycles. The third kappa shape index (κ3) is 1.69. The van der Waals surface area contributed by atoms with E-state index in [0.29, 0.717) is 5.82 Å². The Morgan fingerprint density at radius 3 is 3.00 bits per heavy atom. The topological polar surface area (TPSA) is 63.6 Å². The van der Waals surface area contributed by atoms with Gasteiger partial charge in [0.05, 0.1) is 17.6 Å². The smallest absolute Gasteiger partial charge is 0.204 e. The summed E-state index contributed by atoms with van der Waals surface area (Å²) in [7, 11) is 1.88. The number of ketones is 1. The molecule has 1 aromatic carbocycles. The van der Waals surface area contributed by atoms with E-state index in [1.165, 1.54) is 0 Å². The van der Waals surface area contributed by atoms with Crippen LogP contribution in [0, 0.1) is 0 Å². The number of hydrogen-bond acceptors (Lipinski definition) is 3. The lowest BCUT2D eigenvalue weighted by molar-refractivity contribution is 0.0983. The van der Waals surface area contributed by atoms with Crippen molar-refractivity contribution >= 4 is 16.7 Å². The van der Waals surface area contributed by atoms with Gasteiger partial charge in [-0.2, -0.15) is 5.10 Å². The third-order valence-electron chi connectivity index (χ3n) is 2.92. The number of hydrogen-bond donors (Lipinski definition) is 1. The maximum absolute atomic E-state index is 12.0. The minimum absolute atomic E-state index is 0.0520. The molecule has 1 N–H and O–H groups in total. The summed E-state index contributed by atoms with van der Waals surface area (Å²) in [6, 6.07) is 7.88. The Bertz CT molecular complexity index is 697. The fraction of sp³-hybridized carbons (Fsp3) is 0.154. The van der Waals surface area contributed by atoms with Crippen LogP contribution in [0.3, 0.4) is 0 Å². The second-order valence-corrected chi connectivity index (χ2v) is 4.13. The lowest BCUT2D eigenvalue weighted by Gasteiger charge is -1.95. The van der Waals surface area contributed by atoms with Gasteiger partial charge in [-0.25, -0.2) is 4.98 Å². The number of imidazole rings is 1. The van der Waals surface area contributed by atoms with E-state index in [2.05, 4.69) is 15.1 Å². The highest BCUT2D eigenvalue weighted by atomic mass is 16.1. The number of H-pyrrole nitrogens is 1. The number of aromatic amines is 1. The van der Waals surface area contributed by atoms with Crippen LogP contribution in [-0.2, 0) is 13.5 Å². The van der Waals surface area contributed by atoms with Crippen LogP contribution < -0.4 is 0 Å². The number of aromatic nitrogens is 4. The van der Waals surface area contributed by atoms with Gasteiger partial charge in [0.1, 0.15) is 0 Å². The molecule has 3 aromatic rings. The van der Waals surface area contributed by atoms with Gasteiger partial charge in [0.2, 0.25) is 5.78 Å². The maximum Gasteiger partial charge on any atom is 0.204 e. The lowest BCUT2D eigenvalue weighted by atomic mass is 10.1. The first-order chi connectivity index (χ1) is 8.75. The van der Waals surface area contributed by atoms with Gasteiger partial charge in [-0.3, -0.25) is 9.48 Å². The largest absolute Gasteiger partial charge is 0.342 e. The van der Waals surface area contributed by atoms with Gasteiger partial charge in [0.25, 0.3) is 0 Å². The Morgan fingerprint density at radius 1 is 1.39 bits per heavy atom. The van der Waals surface area contributed by atoms with Gasteiger partial charge < -0.3 is 4.98 Å². The van der Waals surface area contributed by atoms with Crippen molar-refractivity contribution in [2.24, 2.45) is 7.05 Å². The van der Waals surface area contributed by atoms with Crippen molar-refractivity contribution < 1.29 is 4.79 Å². The average Bonchev–Trinajstić information content (AvgIpc) is 3.00. The van der Waals surface area contributed by atoms with Gasteiger partial charge >= 0.3 is 0 Å². The summed E-state index contributed by atoms with van der Waals surface area (Å²) in [5, 5.41) is 5.41. The Morgan fingerprint density at radius 2 is 2.22 bits per heavy atom. The number of aryl methyl sites for hydroxylation is 1. The number of nitrogens with zero attached hydrogens (tertiary/aromatic N) is 3. The summed E-state index contributed by atoms with van der Waals surface area (Å²) in [6.07, 6.45) is 3.47. The molecular weight excluding hydrogens is 228 g/mol. The molecule has 0 radical (unpaired) electrons. The van der Waals surface area contributed by atoms with Crippen LogP contribution in [-0.4, -0.2) is 25.5 Å². The van der Waals surface area contributed by atoms with Crippen molar-refractivity contribution in [3.05, 3.63) is 48.2 Å². The molecule has 2 aromatic heterocycles. The first kappa shape index (κ1) is 10.7. The van der Waals surface area contributed by atoms with Crippen molar-refractivity contribution in [2.45, 2.75) is 6.42 Å². The SMILES string of the molecule is Cn1nc(CC(=O)c2ncc[nH]2)c2ccccc21. The van der Waals surface area contributed by atoms with Gasteiger partial charge in [0, 0.05) is 24.8 Å². The van der Waals surface area contributed by atoms with E-state index >= 15 is 0 Å². The van der Waals surface area contributed by atoms with Gasteiger partial charge in [-0.15, -0.1) is 0 Å². The molecule has 0 bridgehead atoms. The van der Waals surface area contributed by atoms with Crippen molar-refractivity contribution in [3.8, 4) is 0 Å². The Kier molecular flexibility index (Phi) is 2.44.